The standard InChI is InChI=1S/C27H24ClNO5/c1-3-34-21-14-10-17(11-15-21)24-23(25(30)18-8-12-20(28)13-9-18)26(31)27(32)29(24)16-19-6-4-5-7-22(19)33-2/h4-15,24,30H,3,16H2,1-2H3/b25-23+. The monoisotopic (exact) mass is 477 g/mol. The number of amides is 1. The number of nitrogens with zero attached hydrogens (tertiary/aromatic N) is 1. The third-order valence-corrected chi connectivity index (χ3v) is 5.95. The first kappa shape index (κ1) is 23.4. The van der Waals surface area contributed by atoms with Gasteiger partial charge in [-0.3, -0.25) is 9.59 Å². The zero-order valence-corrected chi connectivity index (χ0v) is 19.6. The summed E-state index contributed by atoms with van der Waals surface area (Å²) < 4.78 is 11.0. The molecular weight excluding hydrogens is 454 g/mol. The maximum absolute atomic E-state index is 13.2. The van der Waals surface area contributed by atoms with Gasteiger partial charge in [0.1, 0.15) is 17.3 Å². The molecule has 1 aliphatic rings. The fraction of sp³-hybridized carbons (Fsp3) is 0.185. The van der Waals surface area contributed by atoms with Gasteiger partial charge in [-0.05, 0) is 55.0 Å². The van der Waals surface area contributed by atoms with Crippen LogP contribution in [-0.2, 0) is 16.1 Å². The molecular formula is C27H24ClNO5. The van der Waals surface area contributed by atoms with Crippen molar-refractivity contribution in [2.24, 2.45) is 0 Å². The summed E-state index contributed by atoms with van der Waals surface area (Å²) in [5.74, 6) is -0.420. The molecule has 3 aromatic rings. The minimum Gasteiger partial charge on any atom is -0.507 e. The maximum atomic E-state index is 13.2. The average molecular weight is 478 g/mol. The normalized spacial score (nSPS) is 17.1. The van der Waals surface area contributed by atoms with Crippen LogP contribution in [0.15, 0.2) is 78.4 Å². The van der Waals surface area contributed by atoms with Crippen LogP contribution in [0.5, 0.6) is 11.5 Å². The SMILES string of the molecule is CCOc1ccc(C2/C(=C(\O)c3ccc(Cl)cc3)C(=O)C(=O)N2Cc2ccccc2OC)cc1. The van der Waals surface area contributed by atoms with E-state index in [9.17, 15) is 14.7 Å². The molecule has 1 aliphatic heterocycles. The number of halogens is 1. The molecule has 4 rings (SSSR count). The Morgan fingerprint density at radius 1 is 1.00 bits per heavy atom. The van der Waals surface area contributed by atoms with Crippen molar-refractivity contribution in [1.29, 1.82) is 0 Å². The Labute approximate surface area is 203 Å². The van der Waals surface area contributed by atoms with Crippen molar-refractivity contribution < 1.29 is 24.2 Å². The molecule has 1 heterocycles. The molecule has 0 aliphatic carbocycles. The Hall–Kier alpha value is -3.77. The van der Waals surface area contributed by atoms with E-state index >= 15 is 0 Å². The summed E-state index contributed by atoms with van der Waals surface area (Å²) in [6.07, 6.45) is 0. The van der Waals surface area contributed by atoms with E-state index in [4.69, 9.17) is 21.1 Å². The topological polar surface area (TPSA) is 76.1 Å². The summed E-state index contributed by atoms with van der Waals surface area (Å²) in [6, 6.07) is 20.1. The zero-order valence-electron chi connectivity index (χ0n) is 18.8. The first-order valence-electron chi connectivity index (χ1n) is 10.8. The molecule has 1 N–H and O–H groups in total. The number of benzene rings is 3. The molecule has 3 aromatic carbocycles. The predicted molar refractivity (Wildman–Crippen MR) is 130 cm³/mol. The van der Waals surface area contributed by atoms with Crippen LogP contribution in [0.2, 0.25) is 5.02 Å². The van der Waals surface area contributed by atoms with Gasteiger partial charge >= 0.3 is 0 Å². The smallest absolute Gasteiger partial charge is 0.295 e. The van der Waals surface area contributed by atoms with Crippen LogP contribution in [0.3, 0.4) is 0 Å². The largest absolute Gasteiger partial charge is 0.507 e. The van der Waals surface area contributed by atoms with E-state index in [1.165, 1.54) is 4.90 Å². The van der Waals surface area contributed by atoms with Crippen molar-refractivity contribution in [2.45, 2.75) is 19.5 Å². The lowest BCUT2D eigenvalue weighted by Crippen LogP contribution is -2.29. The number of hydrogen-bond acceptors (Lipinski definition) is 5. The van der Waals surface area contributed by atoms with Crippen molar-refractivity contribution in [2.75, 3.05) is 13.7 Å². The Bertz CT molecular complexity index is 1230. The van der Waals surface area contributed by atoms with E-state index in [1.807, 2.05) is 25.1 Å². The molecule has 1 atom stereocenters. The molecule has 0 bridgehead atoms. The summed E-state index contributed by atoms with van der Waals surface area (Å²) in [5.41, 5.74) is 1.84. The first-order chi connectivity index (χ1) is 16.4. The second kappa shape index (κ2) is 10.0. The maximum Gasteiger partial charge on any atom is 0.295 e. The van der Waals surface area contributed by atoms with Gasteiger partial charge in [-0.15, -0.1) is 0 Å². The second-order valence-corrected chi connectivity index (χ2v) is 8.18. The molecule has 0 spiro atoms. The minimum atomic E-state index is -0.795. The van der Waals surface area contributed by atoms with Gasteiger partial charge in [0.25, 0.3) is 11.7 Å². The molecule has 1 saturated heterocycles. The van der Waals surface area contributed by atoms with Gasteiger partial charge in [0.2, 0.25) is 0 Å². The third-order valence-electron chi connectivity index (χ3n) is 5.70. The highest BCUT2D eigenvalue weighted by atomic mass is 35.5. The summed E-state index contributed by atoms with van der Waals surface area (Å²) in [5, 5.41) is 11.6. The number of para-hydroxylation sites is 1. The number of hydrogen-bond donors (Lipinski definition) is 1. The van der Waals surface area contributed by atoms with Crippen LogP contribution in [0.25, 0.3) is 5.76 Å². The molecule has 1 amide bonds. The number of carbonyl (C=O) groups excluding carboxylic acids is 2. The molecule has 174 valence electrons. The lowest BCUT2D eigenvalue weighted by atomic mass is 9.95. The predicted octanol–water partition coefficient (Wildman–Crippen LogP) is 5.37. The molecule has 0 radical (unpaired) electrons. The Kier molecular flexibility index (Phi) is 6.89. The van der Waals surface area contributed by atoms with Crippen molar-refractivity contribution >= 4 is 29.1 Å². The van der Waals surface area contributed by atoms with Crippen LogP contribution in [-0.4, -0.2) is 35.4 Å². The number of ketones is 1. The van der Waals surface area contributed by atoms with Crippen LogP contribution in [0.1, 0.15) is 29.7 Å². The van der Waals surface area contributed by atoms with Crippen LogP contribution < -0.4 is 9.47 Å². The Balaban J connectivity index is 1.84. The van der Waals surface area contributed by atoms with E-state index in [-0.39, 0.29) is 17.9 Å². The Morgan fingerprint density at radius 3 is 2.32 bits per heavy atom. The number of methoxy groups -OCH3 is 1. The third kappa shape index (κ3) is 4.50. The van der Waals surface area contributed by atoms with E-state index in [0.29, 0.717) is 34.3 Å². The highest BCUT2D eigenvalue weighted by Gasteiger charge is 2.46. The lowest BCUT2D eigenvalue weighted by molar-refractivity contribution is -0.140. The number of Topliss-reactive ketones (excluding diaryl/α,β-unsaturated/α-hetero) is 1. The van der Waals surface area contributed by atoms with Gasteiger partial charge in [-0.2, -0.15) is 0 Å². The highest BCUT2D eigenvalue weighted by Crippen LogP contribution is 2.41. The summed E-state index contributed by atoms with van der Waals surface area (Å²) in [4.78, 5) is 27.9. The molecule has 7 heteroatoms. The minimum absolute atomic E-state index is 0.0198. The van der Waals surface area contributed by atoms with Crippen LogP contribution in [0.4, 0.5) is 0 Å². The summed E-state index contributed by atoms with van der Waals surface area (Å²) in [7, 11) is 1.55. The van der Waals surface area contributed by atoms with Crippen molar-refractivity contribution in [3.63, 3.8) is 0 Å². The van der Waals surface area contributed by atoms with Gasteiger partial charge < -0.3 is 19.5 Å². The number of ether oxygens (including phenoxy) is 2. The fourth-order valence-corrected chi connectivity index (χ4v) is 4.21. The average Bonchev–Trinajstić information content (AvgIpc) is 3.10. The molecule has 0 aromatic heterocycles. The molecule has 1 fully saturated rings. The molecule has 1 unspecified atom stereocenters. The number of rotatable bonds is 7. The zero-order chi connectivity index (χ0) is 24.2. The van der Waals surface area contributed by atoms with Gasteiger partial charge in [-0.1, -0.05) is 41.9 Å². The van der Waals surface area contributed by atoms with Crippen LogP contribution >= 0.6 is 11.6 Å². The quantitative estimate of drug-likeness (QED) is 0.281. The van der Waals surface area contributed by atoms with Crippen LogP contribution in [0, 0.1) is 0 Å². The number of aliphatic hydroxyl groups excluding tert-OH is 1. The van der Waals surface area contributed by atoms with E-state index in [0.717, 1.165) is 5.56 Å². The Morgan fingerprint density at radius 2 is 1.68 bits per heavy atom. The number of likely N-dealkylation sites (tertiary alicyclic amines) is 1. The summed E-state index contributed by atoms with van der Waals surface area (Å²) in [6.45, 7) is 2.54. The second-order valence-electron chi connectivity index (χ2n) is 7.75. The van der Waals surface area contributed by atoms with Gasteiger partial charge in [-0.25, -0.2) is 0 Å². The number of carbonyl (C=O) groups is 2. The molecule has 34 heavy (non-hydrogen) atoms. The first-order valence-corrected chi connectivity index (χ1v) is 11.2. The van der Waals surface area contributed by atoms with E-state index in [1.54, 1.807) is 61.7 Å². The van der Waals surface area contributed by atoms with Crippen molar-refractivity contribution in [1.82, 2.24) is 4.90 Å². The molecule has 6 nitrogen and oxygen atoms in total. The van der Waals surface area contributed by atoms with E-state index in [2.05, 4.69) is 0 Å². The van der Waals surface area contributed by atoms with Crippen molar-refractivity contribution in [3.8, 4) is 11.5 Å². The number of aliphatic hydroxyl groups is 1. The fourth-order valence-electron chi connectivity index (χ4n) is 4.08. The lowest BCUT2D eigenvalue weighted by Gasteiger charge is -2.26. The summed E-state index contributed by atoms with van der Waals surface area (Å²) >= 11 is 5.98. The van der Waals surface area contributed by atoms with Gasteiger partial charge in [0.15, 0.2) is 0 Å². The van der Waals surface area contributed by atoms with E-state index < -0.39 is 17.7 Å². The molecule has 0 saturated carbocycles. The van der Waals surface area contributed by atoms with Crippen molar-refractivity contribution in [3.05, 3.63) is 100 Å². The van der Waals surface area contributed by atoms with Gasteiger partial charge in [0, 0.05) is 16.1 Å². The highest BCUT2D eigenvalue weighted by molar-refractivity contribution is 6.46. The van der Waals surface area contributed by atoms with Gasteiger partial charge in [0.05, 0.1) is 31.9 Å².